The molecule has 4 atom stereocenters. The van der Waals surface area contributed by atoms with E-state index in [1.807, 2.05) is 45.0 Å². The maximum atomic E-state index is 12.6. The van der Waals surface area contributed by atoms with Gasteiger partial charge in [-0.05, 0) is 63.6 Å². The van der Waals surface area contributed by atoms with Gasteiger partial charge in [0, 0.05) is 6.04 Å². The number of rotatable bonds is 5. The second kappa shape index (κ2) is 8.91. The van der Waals surface area contributed by atoms with Gasteiger partial charge in [-0.3, -0.25) is 4.79 Å². The van der Waals surface area contributed by atoms with E-state index in [9.17, 15) is 4.79 Å². The summed E-state index contributed by atoms with van der Waals surface area (Å²) in [4.78, 5) is 12.6. The molecule has 0 aromatic heterocycles. The molecule has 1 heterocycles. The molecule has 2 aliphatic rings. The van der Waals surface area contributed by atoms with Gasteiger partial charge in [0.05, 0.1) is 18.2 Å². The first-order chi connectivity index (χ1) is 11.5. The molecule has 4 nitrogen and oxygen atoms in total. The topological polar surface area (TPSA) is 50.4 Å². The number of nitrogens with one attached hydrogen (secondary N) is 2. The van der Waals surface area contributed by atoms with Crippen LogP contribution >= 0.6 is 12.4 Å². The van der Waals surface area contributed by atoms with Gasteiger partial charge in [0.2, 0.25) is 5.91 Å². The summed E-state index contributed by atoms with van der Waals surface area (Å²) in [5.41, 5.74) is 1.08. The molecule has 1 aliphatic carbocycles. The van der Waals surface area contributed by atoms with Crippen molar-refractivity contribution in [1.29, 1.82) is 0 Å². The van der Waals surface area contributed by atoms with Crippen LogP contribution in [0.4, 0.5) is 0 Å². The maximum Gasteiger partial charge on any atom is 0.237 e. The van der Waals surface area contributed by atoms with Crippen molar-refractivity contribution in [1.82, 2.24) is 10.6 Å². The zero-order valence-corrected chi connectivity index (χ0v) is 16.3. The summed E-state index contributed by atoms with van der Waals surface area (Å²) in [7, 11) is 0. The maximum absolute atomic E-state index is 12.6. The Bertz CT molecular complexity index is 565. The smallest absolute Gasteiger partial charge is 0.237 e. The van der Waals surface area contributed by atoms with Gasteiger partial charge in [-0.15, -0.1) is 12.4 Å². The molecule has 2 N–H and O–H groups in total. The van der Waals surface area contributed by atoms with Gasteiger partial charge in [-0.25, -0.2) is 0 Å². The van der Waals surface area contributed by atoms with Gasteiger partial charge in [0.1, 0.15) is 5.75 Å². The number of fused-ring (bicyclic) bond motifs is 1. The molecular formula is C20H31ClN2O2. The van der Waals surface area contributed by atoms with Crippen molar-refractivity contribution in [2.45, 2.75) is 77.1 Å². The van der Waals surface area contributed by atoms with Gasteiger partial charge >= 0.3 is 0 Å². The van der Waals surface area contributed by atoms with Crippen molar-refractivity contribution >= 4 is 18.3 Å². The van der Waals surface area contributed by atoms with Crippen molar-refractivity contribution in [3.05, 3.63) is 29.8 Å². The SMILES string of the molecule is CC(C)Oc1cccc(C(C)NC(=O)C2CC3CCCCC3N2)c1.Cl. The first kappa shape index (κ1) is 20.1. The zero-order valence-electron chi connectivity index (χ0n) is 15.5. The van der Waals surface area contributed by atoms with E-state index in [0.717, 1.165) is 17.7 Å². The van der Waals surface area contributed by atoms with Crippen LogP contribution in [0, 0.1) is 5.92 Å². The molecule has 25 heavy (non-hydrogen) atoms. The van der Waals surface area contributed by atoms with E-state index in [2.05, 4.69) is 10.6 Å². The number of carbonyl (C=O) groups is 1. The van der Waals surface area contributed by atoms with Crippen LogP contribution in [0.1, 0.15) is 64.5 Å². The van der Waals surface area contributed by atoms with E-state index in [1.165, 1.54) is 25.7 Å². The second-order valence-electron chi connectivity index (χ2n) is 7.58. The van der Waals surface area contributed by atoms with Gasteiger partial charge < -0.3 is 15.4 Å². The highest BCUT2D eigenvalue weighted by molar-refractivity contribution is 5.85. The number of halogens is 1. The summed E-state index contributed by atoms with van der Waals surface area (Å²) >= 11 is 0. The third-order valence-corrected chi connectivity index (χ3v) is 5.27. The van der Waals surface area contributed by atoms with E-state index < -0.39 is 0 Å². The molecule has 1 saturated carbocycles. The van der Waals surface area contributed by atoms with Gasteiger partial charge in [0.25, 0.3) is 0 Å². The van der Waals surface area contributed by atoms with Crippen molar-refractivity contribution in [3.63, 3.8) is 0 Å². The number of hydrogen-bond acceptors (Lipinski definition) is 3. The number of benzene rings is 1. The fraction of sp³-hybridized carbons (Fsp3) is 0.650. The third-order valence-electron chi connectivity index (χ3n) is 5.27. The predicted octanol–water partition coefficient (Wildman–Crippen LogP) is 3.99. The minimum atomic E-state index is -0.0318. The zero-order chi connectivity index (χ0) is 17.1. The molecule has 1 aromatic carbocycles. The second-order valence-corrected chi connectivity index (χ2v) is 7.58. The fourth-order valence-corrected chi connectivity index (χ4v) is 4.05. The monoisotopic (exact) mass is 366 g/mol. The largest absolute Gasteiger partial charge is 0.491 e. The lowest BCUT2D eigenvalue weighted by molar-refractivity contribution is -0.123. The molecule has 0 spiro atoms. The third kappa shape index (κ3) is 5.11. The van der Waals surface area contributed by atoms with E-state index in [1.54, 1.807) is 0 Å². The van der Waals surface area contributed by atoms with Crippen LogP contribution in [0.5, 0.6) is 5.75 Å². The van der Waals surface area contributed by atoms with Crippen molar-refractivity contribution in [2.24, 2.45) is 5.92 Å². The van der Waals surface area contributed by atoms with Crippen LogP contribution in [-0.2, 0) is 4.79 Å². The van der Waals surface area contributed by atoms with E-state index in [4.69, 9.17) is 4.74 Å². The lowest BCUT2D eigenvalue weighted by Crippen LogP contribution is -2.43. The predicted molar refractivity (Wildman–Crippen MR) is 103 cm³/mol. The first-order valence-electron chi connectivity index (χ1n) is 9.36. The Hall–Kier alpha value is -1.26. The highest BCUT2D eigenvalue weighted by atomic mass is 35.5. The summed E-state index contributed by atoms with van der Waals surface area (Å²) in [5, 5.41) is 6.72. The first-order valence-corrected chi connectivity index (χ1v) is 9.36. The Kier molecular flexibility index (Phi) is 7.14. The van der Waals surface area contributed by atoms with E-state index >= 15 is 0 Å². The molecule has 1 aliphatic heterocycles. The molecule has 0 bridgehead atoms. The standard InChI is InChI=1S/C20H30N2O2.ClH/c1-13(2)24-17-9-6-8-15(11-17)14(3)21-20(23)19-12-16-7-4-5-10-18(16)22-19;/h6,8-9,11,13-14,16,18-19,22H,4-5,7,10,12H2,1-3H3,(H,21,23);1H. The Balaban J connectivity index is 0.00000225. The molecule has 2 fully saturated rings. The highest BCUT2D eigenvalue weighted by Crippen LogP contribution is 2.33. The van der Waals surface area contributed by atoms with Crippen molar-refractivity contribution in [2.75, 3.05) is 0 Å². The van der Waals surface area contributed by atoms with Crippen molar-refractivity contribution < 1.29 is 9.53 Å². The number of ether oxygens (including phenoxy) is 1. The van der Waals surface area contributed by atoms with Crippen LogP contribution in [0.3, 0.4) is 0 Å². The summed E-state index contributed by atoms with van der Waals surface area (Å²) < 4.78 is 5.75. The minimum Gasteiger partial charge on any atom is -0.491 e. The molecule has 1 saturated heterocycles. The normalized spacial score (nSPS) is 26.5. The van der Waals surface area contributed by atoms with Crippen LogP contribution in [0.15, 0.2) is 24.3 Å². The van der Waals surface area contributed by atoms with E-state index in [-0.39, 0.29) is 36.5 Å². The fourth-order valence-electron chi connectivity index (χ4n) is 4.05. The molecular weight excluding hydrogens is 336 g/mol. The van der Waals surface area contributed by atoms with Gasteiger partial charge in [0.15, 0.2) is 0 Å². The molecule has 1 amide bonds. The van der Waals surface area contributed by atoms with Crippen LogP contribution < -0.4 is 15.4 Å². The molecule has 3 rings (SSSR count). The van der Waals surface area contributed by atoms with E-state index in [0.29, 0.717) is 12.0 Å². The molecule has 140 valence electrons. The van der Waals surface area contributed by atoms with Crippen LogP contribution in [0.25, 0.3) is 0 Å². The Morgan fingerprint density at radius 2 is 2.00 bits per heavy atom. The summed E-state index contributed by atoms with van der Waals surface area (Å²) in [5.74, 6) is 1.67. The van der Waals surface area contributed by atoms with Crippen LogP contribution in [-0.4, -0.2) is 24.1 Å². The Labute approximate surface area is 157 Å². The van der Waals surface area contributed by atoms with Gasteiger partial charge in [-0.1, -0.05) is 25.0 Å². The summed E-state index contributed by atoms with van der Waals surface area (Å²) in [6.45, 7) is 6.07. The lowest BCUT2D eigenvalue weighted by Gasteiger charge is -2.24. The summed E-state index contributed by atoms with van der Waals surface area (Å²) in [6.07, 6.45) is 6.23. The summed E-state index contributed by atoms with van der Waals surface area (Å²) in [6, 6.07) is 8.51. The van der Waals surface area contributed by atoms with Crippen molar-refractivity contribution in [3.8, 4) is 5.75 Å². The Morgan fingerprint density at radius 3 is 2.72 bits per heavy atom. The average molecular weight is 367 g/mol. The van der Waals surface area contributed by atoms with Crippen LogP contribution in [0.2, 0.25) is 0 Å². The quantitative estimate of drug-likeness (QED) is 0.828. The molecule has 1 aromatic rings. The number of hydrogen-bond donors (Lipinski definition) is 2. The average Bonchev–Trinajstić information content (AvgIpc) is 2.98. The minimum absolute atomic E-state index is 0. The molecule has 4 unspecified atom stereocenters. The van der Waals surface area contributed by atoms with Gasteiger partial charge in [-0.2, -0.15) is 0 Å². The molecule has 0 radical (unpaired) electrons. The lowest BCUT2D eigenvalue weighted by atomic mass is 9.85. The highest BCUT2D eigenvalue weighted by Gasteiger charge is 2.38. The Morgan fingerprint density at radius 1 is 1.24 bits per heavy atom. The number of amides is 1. The molecule has 5 heteroatoms. The number of carbonyl (C=O) groups excluding carboxylic acids is 1.